The van der Waals surface area contributed by atoms with Crippen molar-refractivity contribution in [3.8, 4) is 6.07 Å². The Morgan fingerprint density at radius 1 is 1.09 bits per heavy atom. The number of carbonyl (C=O) groups is 2. The molecule has 0 saturated heterocycles. The van der Waals surface area contributed by atoms with Crippen LogP contribution >= 0.6 is 0 Å². The molecule has 108 valence electrons. The third-order valence-electron chi connectivity index (χ3n) is 3.26. The summed E-state index contributed by atoms with van der Waals surface area (Å²) in [5.74, 6) is -0.0471. The van der Waals surface area contributed by atoms with Gasteiger partial charge in [0.2, 0.25) is 5.91 Å². The normalized spacial score (nSPS) is 12.0. The van der Waals surface area contributed by atoms with Gasteiger partial charge in [0.1, 0.15) is 0 Å². The van der Waals surface area contributed by atoms with E-state index in [0.29, 0.717) is 23.4 Å². The second-order valence-electron chi connectivity index (χ2n) is 4.87. The number of nitriles is 1. The van der Waals surface area contributed by atoms with Gasteiger partial charge in [0.05, 0.1) is 18.1 Å². The molecule has 0 aromatic heterocycles. The summed E-state index contributed by atoms with van der Waals surface area (Å²) in [4.78, 5) is 23.2. The van der Waals surface area contributed by atoms with E-state index in [1.807, 2.05) is 6.07 Å². The Hall–Kier alpha value is -3.33. The van der Waals surface area contributed by atoms with Crippen LogP contribution < -0.4 is 16.0 Å². The summed E-state index contributed by atoms with van der Waals surface area (Å²) in [6.45, 7) is 0. The number of anilines is 3. The highest BCUT2D eigenvalue weighted by atomic mass is 16.2. The smallest absolute Gasteiger partial charge is 0.323 e. The molecule has 0 atom stereocenters. The predicted octanol–water partition coefficient (Wildman–Crippen LogP) is 2.70. The van der Waals surface area contributed by atoms with Crippen molar-refractivity contribution in [2.24, 2.45) is 0 Å². The molecule has 0 radical (unpaired) electrons. The highest BCUT2D eigenvalue weighted by molar-refractivity contribution is 6.02. The molecule has 6 heteroatoms. The minimum absolute atomic E-state index is 0.0471. The van der Waals surface area contributed by atoms with Crippen LogP contribution in [0.1, 0.15) is 11.1 Å². The zero-order valence-corrected chi connectivity index (χ0v) is 11.5. The van der Waals surface area contributed by atoms with Crippen molar-refractivity contribution in [1.29, 1.82) is 5.26 Å². The zero-order chi connectivity index (χ0) is 15.5. The molecule has 2 aromatic rings. The predicted molar refractivity (Wildman–Crippen MR) is 82.6 cm³/mol. The summed E-state index contributed by atoms with van der Waals surface area (Å²) in [5.41, 5.74) is 3.38. The lowest BCUT2D eigenvalue weighted by molar-refractivity contribution is -0.115. The lowest BCUT2D eigenvalue weighted by Gasteiger charge is -2.09. The van der Waals surface area contributed by atoms with E-state index in [1.54, 1.807) is 42.5 Å². The standard InChI is InChI=1S/C16H12N4O2/c17-9-10-1-3-12(4-2-10)18-16(22)19-13-5-6-14-11(7-13)8-15(21)20-14/h1-7H,8H2,(H,20,21)(H2,18,19,22). The van der Waals surface area contributed by atoms with Crippen LogP contribution in [0.3, 0.4) is 0 Å². The van der Waals surface area contributed by atoms with Crippen molar-refractivity contribution in [3.05, 3.63) is 53.6 Å². The fourth-order valence-corrected chi connectivity index (χ4v) is 2.23. The molecule has 3 N–H and O–H groups in total. The average molecular weight is 292 g/mol. The van der Waals surface area contributed by atoms with Crippen LogP contribution in [0.15, 0.2) is 42.5 Å². The van der Waals surface area contributed by atoms with Crippen molar-refractivity contribution < 1.29 is 9.59 Å². The van der Waals surface area contributed by atoms with E-state index in [9.17, 15) is 9.59 Å². The molecule has 1 heterocycles. The first-order valence-electron chi connectivity index (χ1n) is 6.65. The first-order chi connectivity index (χ1) is 10.6. The monoisotopic (exact) mass is 292 g/mol. The SMILES string of the molecule is N#Cc1ccc(NC(=O)Nc2ccc3c(c2)CC(=O)N3)cc1. The van der Waals surface area contributed by atoms with E-state index < -0.39 is 0 Å². The third kappa shape index (κ3) is 2.88. The maximum Gasteiger partial charge on any atom is 0.323 e. The molecule has 3 amide bonds. The van der Waals surface area contributed by atoms with Gasteiger partial charge in [0.15, 0.2) is 0 Å². The van der Waals surface area contributed by atoms with Gasteiger partial charge in [-0.1, -0.05) is 0 Å². The van der Waals surface area contributed by atoms with Crippen LogP contribution in [0.4, 0.5) is 21.9 Å². The second kappa shape index (κ2) is 5.58. The molecule has 1 aliphatic heterocycles. The molecule has 0 bridgehead atoms. The molecular formula is C16H12N4O2. The Morgan fingerprint density at radius 3 is 2.50 bits per heavy atom. The van der Waals surface area contributed by atoms with Crippen molar-refractivity contribution in [2.45, 2.75) is 6.42 Å². The zero-order valence-electron chi connectivity index (χ0n) is 11.5. The lowest BCUT2D eigenvalue weighted by Crippen LogP contribution is -2.19. The number of amides is 3. The van der Waals surface area contributed by atoms with Crippen LogP contribution in [-0.4, -0.2) is 11.9 Å². The van der Waals surface area contributed by atoms with Gasteiger partial charge in [-0.2, -0.15) is 5.26 Å². The average Bonchev–Trinajstić information content (AvgIpc) is 2.87. The van der Waals surface area contributed by atoms with Crippen LogP contribution in [0.2, 0.25) is 0 Å². The van der Waals surface area contributed by atoms with Gasteiger partial charge >= 0.3 is 6.03 Å². The van der Waals surface area contributed by atoms with Gasteiger partial charge < -0.3 is 16.0 Å². The van der Waals surface area contributed by atoms with Gasteiger partial charge in [-0.15, -0.1) is 0 Å². The minimum Gasteiger partial charge on any atom is -0.326 e. The molecule has 1 aliphatic rings. The molecule has 0 aliphatic carbocycles. The van der Waals surface area contributed by atoms with E-state index in [2.05, 4.69) is 16.0 Å². The number of rotatable bonds is 2. The number of nitrogens with one attached hydrogen (secondary N) is 3. The van der Waals surface area contributed by atoms with Crippen LogP contribution in [0.5, 0.6) is 0 Å². The van der Waals surface area contributed by atoms with E-state index in [0.717, 1.165) is 11.3 Å². The number of urea groups is 1. The number of hydrogen-bond donors (Lipinski definition) is 3. The molecule has 0 saturated carbocycles. The highest BCUT2D eigenvalue weighted by Crippen LogP contribution is 2.26. The Kier molecular flexibility index (Phi) is 3.46. The van der Waals surface area contributed by atoms with Crippen molar-refractivity contribution in [3.63, 3.8) is 0 Å². The minimum atomic E-state index is -0.387. The first kappa shape index (κ1) is 13.6. The molecule has 0 fully saturated rings. The summed E-state index contributed by atoms with van der Waals surface area (Å²) in [6.07, 6.45) is 0.322. The molecular weight excluding hydrogens is 280 g/mol. The summed E-state index contributed by atoms with van der Waals surface area (Å²) >= 11 is 0. The molecule has 0 spiro atoms. The van der Waals surface area contributed by atoms with E-state index in [4.69, 9.17) is 5.26 Å². The third-order valence-corrected chi connectivity index (χ3v) is 3.26. The van der Waals surface area contributed by atoms with Gasteiger partial charge in [-0.3, -0.25) is 4.79 Å². The fourth-order valence-electron chi connectivity index (χ4n) is 2.23. The number of hydrogen-bond acceptors (Lipinski definition) is 3. The van der Waals surface area contributed by atoms with E-state index >= 15 is 0 Å². The Morgan fingerprint density at radius 2 is 1.77 bits per heavy atom. The number of fused-ring (bicyclic) bond motifs is 1. The summed E-state index contributed by atoms with van der Waals surface area (Å²) in [7, 11) is 0. The lowest BCUT2D eigenvalue weighted by atomic mass is 10.1. The van der Waals surface area contributed by atoms with Crippen molar-refractivity contribution in [2.75, 3.05) is 16.0 Å². The van der Waals surface area contributed by atoms with Gasteiger partial charge in [0, 0.05) is 17.1 Å². The largest absolute Gasteiger partial charge is 0.326 e. The van der Waals surface area contributed by atoms with Gasteiger partial charge in [-0.05, 0) is 48.0 Å². The Balaban J connectivity index is 1.66. The van der Waals surface area contributed by atoms with E-state index in [-0.39, 0.29) is 11.9 Å². The number of nitrogens with zero attached hydrogens (tertiary/aromatic N) is 1. The first-order valence-corrected chi connectivity index (χ1v) is 6.65. The van der Waals surface area contributed by atoms with Crippen LogP contribution in [0, 0.1) is 11.3 Å². The molecule has 3 rings (SSSR count). The quantitative estimate of drug-likeness (QED) is 0.794. The van der Waals surface area contributed by atoms with Crippen molar-refractivity contribution >= 4 is 29.0 Å². The molecule has 22 heavy (non-hydrogen) atoms. The topological polar surface area (TPSA) is 94.0 Å². The number of benzene rings is 2. The summed E-state index contributed by atoms with van der Waals surface area (Å²) < 4.78 is 0. The maximum absolute atomic E-state index is 11.9. The maximum atomic E-state index is 11.9. The highest BCUT2D eigenvalue weighted by Gasteiger charge is 2.17. The fraction of sp³-hybridized carbons (Fsp3) is 0.0625. The van der Waals surface area contributed by atoms with Crippen molar-refractivity contribution in [1.82, 2.24) is 0 Å². The summed E-state index contributed by atoms with van der Waals surface area (Å²) in [6, 6.07) is 13.4. The van der Waals surface area contributed by atoms with Crippen LogP contribution in [-0.2, 0) is 11.2 Å². The summed E-state index contributed by atoms with van der Waals surface area (Å²) in [5, 5.41) is 16.8. The van der Waals surface area contributed by atoms with Gasteiger partial charge in [-0.25, -0.2) is 4.79 Å². The van der Waals surface area contributed by atoms with Crippen LogP contribution in [0.25, 0.3) is 0 Å². The number of carbonyl (C=O) groups excluding carboxylic acids is 2. The molecule has 0 unspecified atom stereocenters. The van der Waals surface area contributed by atoms with E-state index in [1.165, 1.54) is 0 Å². The molecule has 6 nitrogen and oxygen atoms in total. The van der Waals surface area contributed by atoms with Gasteiger partial charge in [0.25, 0.3) is 0 Å². The Bertz CT molecular complexity index is 791. The Labute approximate surface area is 126 Å². The molecule has 2 aromatic carbocycles. The second-order valence-corrected chi connectivity index (χ2v) is 4.87.